The van der Waals surface area contributed by atoms with E-state index < -0.39 is 15.4 Å². The molecular weight excluding hydrogens is 430 g/mol. The predicted octanol–water partition coefficient (Wildman–Crippen LogP) is 5.51. The number of phosphoric ester groups is 1. The van der Waals surface area contributed by atoms with E-state index in [1.165, 1.54) is 6.66 Å². The Bertz CT molecular complexity index is 539. The molecule has 0 amide bonds. The number of ether oxygens (including phenoxy) is 1. The van der Waals surface area contributed by atoms with E-state index in [9.17, 15) is 9.13 Å². The van der Waals surface area contributed by atoms with E-state index in [1.807, 2.05) is 0 Å². The van der Waals surface area contributed by atoms with Crippen LogP contribution in [0.5, 0.6) is 0 Å². The lowest BCUT2D eigenvalue weighted by atomic mass is 9.83. The zero-order chi connectivity index (χ0) is 23.3. The predicted molar refractivity (Wildman–Crippen MR) is 120 cm³/mol. The van der Waals surface area contributed by atoms with E-state index in [2.05, 4.69) is 32.2 Å². The monoisotopic (exact) mass is 474 g/mol. The Balaban J connectivity index is 3.64. The molecule has 3 N–H and O–H groups in total. The highest BCUT2D eigenvalue weighted by Gasteiger charge is 2.20. The van der Waals surface area contributed by atoms with Crippen LogP contribution in [0.15, 0.2) is 0 Å². The number of hydrogen-bond donors (Lipinski definition) is 3. The van der Waals surface area contributed by atoms with E-state index in [4.69, 9.17) is 23.9 Å². The summed E-state index contributed by atoms with van der Waals surface area (Å²) < 4.78 is 37.0. The van der Waals surface area contributed by atoms with Crippen LogP contribution in [0.25, 0.3) is 0 Å². The van der Waals surface area contributed by atoms with Crippen molar-refractivity contribution in [1.82, 2.24) is 0 Å². The molecule has 0 spiro atoms. The molecule has 10 heteroatoms. The van der Waals surface area contributed by atoms with Crippen LogP contribution in [0.1, 0.15) is 85.5 Å². The summed E-state index contributed by atoms with van der Waals surface area (Å²) in [5.74, 6) is 0. The quantitative estimate of drug-likeness (QED) is 0.165. The van der Waals surface area contributed by atoms with E-state index in [-0.39, 0.29) is 17.4 Å². The molecule has 1 atom stereocenters. The van der Waals surface area contributed by atoms with Gasteiger partial charge in [0.2, 0.25) is 0 Å². The molecule has 8 nitrogen and oxygen atoms in total. The molecule has 0 aliphatic heterocycles. The highest BCUT2D eigenvalue weighted by Crippen LogP contribution is 2.38. The number of unbranched alkanes of at least 4 members (excludes halogenated alkanes) is 2. The molecule has 0 aromatic rings. The molecule has 0 rings (SSSR count). The average molecular weight is 475 g/mol. The summed E-state index contributed by atoms with van der Waals surface area (Å²) >= 11 is 0. The van der Waals surface area contributed by atoms with Gasteiger partial charge in [-0.15, -0.1) is 0 Å². The molecule has 0 aliphatic carbocycles. The van der Waals surface area contributed by atoms with E-state index in [0.717, 1.165) is 64.6 Å². The van der Waals surface area contributed by atoms with Crippen molar-refractivity contribution in [3.63, 3.8) is 0 Å². The minimum Gasteiger partial charge on any atom is -0.381 e. The largest absolute Gasteiger partial charge is 0.469 e. The van der Waals surface area contributed by atoms with Gasteiger partial charge in [-0.2, -0.15) is 0 Å². The summed E-state index contributed by atoms with van der Waals surface area (Å²) in [7, 11) is -7.73. The van der Waals surface area contributed by atoms with Crippen LogP contribution in [0.4, 0.5) is 0 Å². The van der Waals surface area contributed by atoms with E-state index in [1.54, 1.807) is 0 Å². The smallest absolute Gasteiger partial charge is 0.381 e. The van der Waals surface area contributed by atoms with Gasteiger partial charge in [0, 0.05) is 19.9 Å². The van der Waals surface area contributed by atoms with Crippen molar-refractivity contribution in [1.29, 1.82) is 0 Å². The first-order valence-corrected chi connectivity index (χ1v) is 14.4. The molecule has 30 heavy (non-hydrogen) atoms. The van der Waals surface area contributed by atoms with Crippen LogP contribution < -0.4 is 0 Å². The fourth-order valence-electron chi connectivity index (χ4n) is 3.19. The number of phosphoric acid groups is 1. The molecule has 0 aromatic carbocycles. The summed E-state index contributed by atoms with van der Waals surface area (Å²) in [6.07, 6.45) is 8.45. The van der Waals surface area contributed by atoms with Gasteiger partial charge in [-0.3, -0.25) is 9.09 Å². The lowest BCUT2D eigenvalue weighted by Crippen LogP contribution is -2.14. The lowest BCUT2D eigenvalue weighted by Gasteiger charge is -2.25. The van der Waals surface area contributed by atoms with Gasteiger partial charge in [0.05, 0.1) is 13.2 Å². The fourth-order valence-corrected chi connectivity index (χ4v) is 3.99. The van der Waals surface area contributed by atoms with Crippen molar-refractivity contribution in [2.45, 2.75) is 85.5 Å². The summed E-state index contributed by atoms with van der Waals surface area (Å²) in [6, 6.07) is 0. The molecule has 0 radical (unpaired) electrons. The van der Waals surface area contributed by atoms with Crippen LogP contribution in [-0.4, -0.2) is 47.8 Å². The van der Waals surface area contributed by atoms with Crippen LogP contribution >= 0.6 is 15.4 Å². The van der Waals surface area contributed by atoms with E-state index >= 15 is 0 Å². The van der Waals surface area contributed by atoms with Crippen molar-refractivity contribution < 1.29 is 37.6 Å². The summed E-state index contributed by atoms with van der Waals surface area (Å²) in [4.78, 5) is 26.5. The van der Waals surface area contributed by atoms with Gasteiger partial charge in [-0.05, 0) is 55.8 Å². The first-order chi connectivity index (χ1) is 13.6. The van der Waals surface area contributed by atoms with Crippen LogP contribution in [0.2, 0.25) is 0 Å². The van der Waals surface area contributed by atoms with Gasteiger partial charge in [0.15, 0.2) is 0 Å². The highest BCUT2D eigenvalue weighted by molar-refractivity contribution is 7.51. The minimum absolute atomic E-state index is 0.0804. The Morgan fingerprint density at radius 3 is 1.57 bits per heavy atom. The molecule has 0 bridgehead atoms. The van der Waals surface area contributed by atoms with Gasteiger partial charge in [-0.1, -0.05) is 40.5 Å². The first kappa shape index (κ1) is 30.2. The van der Waals surface area contributed by atoms with Gasteiger partial charge in [-0.25, -0.2) is 4.57 Å². The van der Waals surface area contributed by atoms with Gasteiger partial charge in [0.1, 0.15) is 0 Å². The highest BCUT2D eigenvalue weighted by atomic mass is 31.2. The van der Waals surface area contributed by atoms with Crippen molar-refractivity contribution in [3.05, 3.63) is 0 Å². The normalized spacial score (nSPS) is 15.3. The molecule has 0 saturated heterocycles. The molecule has 1 unspecified atom stereocenters. The molecule has 0 heterocycles. The zero-order valence-corrected chi connectivity index (χ0v) is 21.3. The summed E-state index contributed by atoms with van der Waals surface area (Å²) in [5.41, 5.74) is 0.201. The topological polar surface area (TPSA) is 123 Å². The van der Waals surface area contributed by atoms with Crippen LogP contribution in [0.3, 0.4) is 0 Å². The van der Waals surface area contributed by atoms with Gasteiger partial charge in [0.25, 0.3) is 0 Å². The van der Waals surface area contributed by atoms with Crippen molar-refractivity contribution in [3.8, 4) is 0 Å². The van der Waals surface area contributed by atoms with Gasteiger partial charge < -0.3 is 23.9 Å². The Hall–Kier alpha value is 0.220. The van der Waals surface area contributed by atoms with Crippen molar-refractivity contribution >= 4 is 15.4 Å². The second-order valence-corrected chi connectivity index (χ2v) is 12.8. The maximum atomic E-state index is 11.1. The number of rotatable bonds is 19. The van der Waals surface area contributed by atoms with Crippen LogP contribution in [0, 0.1) is 10.8 Å². The Kier molecular flexibility index (Phi) is 14.5. The third-order valence-corrected chi connectivity index (χ3v) is 6.33. The lowest BCUT2D eigenvalue weighted by molar-refractivity contribution is 0.118. The fraction of sp³-hybridized carbons (Fsp3) is 1.00. The average Bonchev–Trinajstić information content (AvgIpc) is 2.55. The molecule has 0 aromatic heterocycles. The standard InChI is InChI=1S/C20H44O8P2/c1-19(2,13-10-17-28-30(23,24)25)11-6-8-15-26-16-9-7-12-20(3,4)14-18-27-29(5,21)22/h6-18H2,1-5H3,(H,21,22)(H2,23,24,25). The second-order valence-electron chi connectivity index (χ2n) is 9.67. The van der Waals surface area contributed by atoms with Gasteiger partial charge >= 0.3 is 15.4 Å². The Morgan fingerprint density at radius 1 is 0.633 bits per heavy atom. The van der Waals surface area contributed by atoms with E-state index in [0.29, 0.717) is 13.0 Å². The number of hydrogen-bond acceptors (Lipinski definition) is 5. The first-order valence-electron chi connectivity index (χ1n) is 10.8. The maximum Gasteiger partial charge on any atom is 0.469 e. The molecule has 0 saturated carbocycles. The SMILES string of the molecule is CC(C)(CCCCOCCCCC(C)(C)CCOP(C)(=O)O)CCCOP(=O)(O)O. The summed E-state index contributed by atoms with van der Waals surface area (Å²) in [6.45, 7) is 11.7. The van der Waals surface area contributed by atoms with Crippen LogP contribution in [-0.2, 0) is 22.9 Å². The molecule has 0 aliphatic rings. The second kappa shape index (κ2) is 14.4. The third kappa shape index (κ3) is 21.5. The summed E-state index contributed by atoms with van der Waals surface area (Å²) in [5, 5.41) is 0. The third-order valence-electron chi connectivity index (χ3n) is 5.15. The Labute approximate surface area is 182 Å². The zero-order valence-electron chi connectivity index (χ0n) is 19.5. The Morgan fingerprint density at radius 2 is 1.10 bits per heavy atom. The maximum absolute atomic E-state index is 11.1. The molecule has 0 fully saturated rings. The molecule has 182 valence electrons. The van der Waals surface area contributed by atoms with Crippen molar-refractivity contribution in [2.24, 2.45) is 10.8 Å². The van der Waals surface area contributed by atoms with Crippen molar-refractivity contribution in [2.75, 3.05) is 33.1 Å². The molecular formula is C20H44O8P2. The minimum atomic E-state index is -4.35.